The fraction of sp³-hybridized carbons (Fsp3) is 0.167. The summed E-state index contributed by atoms with van der Waals surface area (Å²) in [6, 6.07) is 12.1. The minimum absolute atomic E-state index is 0.0379. The monoisotopic (exact) mass is 355 g/mol. The highest BCUT2D eigenvalue weighted by atomic mass is 16.5. The predicted octanol–water partition coefficient (Wildman–Crippen LogP) is 2.43. The summed E-state index contributed by atoms with van der Waals surface area (Å²) < 4.78 is 21.6. The summed E-state index contributed by atoms with van der Waals surface area (Å²) >= 11 is 0. The molecule has 0 saturated heterocycles. The van der Waals surface area contributed by atoms with Gasteiger partial charge in [0, 0.05) is 5.56 Å². The molecule has 0 aliphatic heterocycles. The van der Waals surface area contributed by atoms with Gasteiger partial charge in [-0.05, 0) is 36.4 Å². The standard InChI is InChI=1S/C18H17N3O5/c1-23-12-8-6-11(7-9-12)18-21-20-15(26-18)10-25-16-13(17(19)22)4-3-5-14(16)24-2/h3-9H,10H2,1-2H3,(H2,19,22). The number of hydrogen-bond donors (Lipinski definition) is 1. The molecule has 0 saturated carbocycles. The van der Waals surface area contributed by atoms with Crippen LogP contribution in [0.4, 0.5) is 0 Å². The minimum Gasteiger partial charge on any atom is -0.497 e. The molecule has 1 amide bonds. The third-order valence-corrected chi connectivity index (χ3v) is 3.61. The average Bonchev–Trinajstić information content (AvgIpc) is 3.15. The molecule has 0 aliphatic carbocycles. The third-order valence-electron chi connectivity index (χ3n) is 3.61. The van der Waals surface area contributed by atoms with Crippen LogP contribution in [-0.4, -0.2) is 30.3 Å². The normalized spacial score (nSPS) is 10.4. The van der Waals surface area contributed by atoms with Crippen LogP contribution >= 0.6 is 0 Å². The predicted molar refractivity (Wildman–Crippen MR) is 92.1 cm³/mol. The number of para-hydroxylation sites is 1. The molecule has 0 aliphatic rings. The summed E-state index contributed by atoms with van der Waals surface area (Å²) in [5.41, 5.74) is 6.33. The van der Waals surface area contributed by atoms with Crippen molar-refractivity contribution in [3.63, 3.8) is 0 Å². The van der Waals surface area contributed by atoms with Gasteiger partial charge in [-0.15, -0.1) is 10.2 Å². The van der Waals surface area contributed by atoms with Gasteiger partial charge in [-0.1, -0.05) is 6.07 Å². The van der Waals surface area contributed by atoms with Crippen LogP contribution in [0.2, 0.25) is 0 Å². The molecule has 2 N–H and O–H groups in total. The Morgan fingerprint density at radius 3 is 2.50 bits per heavy atom. The molecular weight excluding hydrogens is 338 g/mol. The average molecular weight is 355 g/mol. The second kappa shape index (κ2) is 7.56. The van der Waals surface area contributed by atoms with Crippen molar-refractivity contribution in [2.45, 2.75) is 6.61 Å². The molecule has 134 valence electrons. The van der Waals surface area contributed by atoms with E-state index in [1.165, 1.54) is 7.11 Å². The topological polar surface area (TPSA) is 110 Å². The second-order valence-corrected chi connectivity index (χ2v) is 5.22. The lowest BCUT2D eigenvalue weighted by Crippen LogP contribution is -2.13. The molecule has 0 fully saturated rings. The zero-order chi connectivity index (χ0) is 18.5. The van der Waals surface area contributed by atoms with Gasteiger partial charge in [0.05, 0.1) is 19.8 Å². The van der Waals surface area contributed by atoms with E-state index in [0.717, 1.165) is 11.3 Å². The fourth-order valence-electron chi connectivity index (χ4n) is 2.32. The van der Waals surface area contributed by atoms with Gasteiger partial charge in [0.15, 0.2) is 18.1 Å². The summed E-state index contributed by atoms with van der Waals surface area (Å²) in [6.07, 6.45) is 0. The van der Waals surface area contributed by atoms with Crippen molar-refractivity contribution in [3.05, 3.63) is 53.9 Å². The summed E-state index contributed by atoms with van der Waals surface area (Å²) in [4.78, 5) is 11.6. The zero-order valence-electron chi connectivity index (χ0n) is 14.3. The first kappa shape index (κ1) is 17.3. The van der Waals surface area contributed by atoms with Gasteiger partial charge in [0.25, 0.3) is 11.8 Å². The summed E-state index contributed by atoms with van der Waals surface area (Å²) in [6.45, 7) is -0.0379. The molecule has 26 heavy (non-hydrogen) atoms. The minimum atomic E-state index is -0.622. The molecule has 0 bridgehead atoms. The molecule has 0 spiro atoms. The molecule has 1 aromatic heterocycles. The quantitative estimate of drug-likeness (QED) is 0.693. The Hall–Kier alpha value is -3.55. The van der Waals surface area contributed by atoms with Crippen molar-refractivity contribution in [3.8, 4) is 28.7 Å². The second-order valence-electron chi connectivity index (χ2n) is 5.22. The Morgan fingerprint density at radius 2 is 1.85 bits per heavy atom. The van der Waals surface area contributed by atoms with Crippen LogP contribution in [0.1, 0.15) is 16.2 Å². The van der Waals surface area contributed by atoms with E-state index < -0.39 is 5.91 Å². The first-order chi connectivity index (χ1) is 12.6. The number of carbonyl (C=O) groups excluding carboxylic acids is 1. The zero-order valence-corrected chi connectivity index (χ0v) is 14.3. The van der Waals surface area contributed by atoms with E-state index in [9.17, 15) is 4.79 Å². The molecule has 3 rings (SSSR count). The van der Waals surface area contributed by atoms with Crippen molar-refractivity contribution in [1.29, 1.82) is 0 Å². The van der Waals surface area contributed by atoms with E-state index in [1.54, 1.807) is 37.4 Å². The van der Waals surface area contributed by atoms with Gasteiger partial charge in [-0.3, -0.25) is 4.79 Å². The van der Waals surface area contributed by atoms with Gasteiger partial charge in [-0.25, -0.2) is 0 Å². The number of ether oxygens (including phenoxy) is 3. The first-order valence-corrected chi connectivity index (χ1v) is 7.68. The number of rotatable bonds is 7. The summed E-state index contributed by atoms with van der Waals surface area (Å²) in [7, 11) is 3.07. The Bertz CT molecular complexity index is 905. The Morgan fingerprint density at radius 1 is 1.08 bits per heavy atom. The Balaban J connectivity index is 1.77. The Kier molecular flexibility index (Phi) is 5.02. The van der Waals surface area contributed by atoms with Crippen molar-refractivity contribution in [2.24, 2.45) is 5.73 Å². The summed E-state index contributed by atoms with van der Waals surface area (Å²) in [5.74, 6) is 1.32. The van der Waals surface area contributed by atoms with Gasteiger partial charge in [0.1, 0.15) is 5.75 Å². The van der Waals surface area contributed by atoms with Crippen molar-refractivity contribution in [2.75, 3.05) is 14.2 Å². The fourth-order valence-corrected chi connectivity index (χ4v) is 2.32. The van der Waals surface area contributed by atoms with E-state index in [4.69, 9.17) is 24.4 Å². The van der Waals surface area contributed by atoms with E-state index in [2.05, 4.69) is 10.2 Å². The maximum Gasteiger partial charge on any atom is 0.254 e. The van der Waals surface area contributed by atoms with E-state index in [-0.39, 0.29) is 23.8 Å². The highest BCUT2D eigenvalue weighted by molar-refractivity contribution is 5.96. The van der Waals surface area contributed by atoms with E-state index in [0.29, 0.717) is 11.6 Å². The number of benzene rings is 2. The van der Waals surface area contributed by atoms with E-state index >= 15 is 0 Å². The van der Waals surface area contributed by atoms with Crippen LogP contribution in [0.15, 0.2) is 46.9 Å². The number of carbonyl (C=O) groups is 1. The molecule has 0 atom stereocenters. The van der Waals surface area contributed by atoms with Crippen molar-refractivity contribution < 1.29 is 23.4 Å². The highest BCUT2D eigenvalue weighted by Crippen LogP contribution is 2.31. The molecule has 0 radical (unpaired) electrons. The number of nitrogens with two attached hydrogens (primary N) is 1. The highest BCUT2D eigenvalue weighted by Gasteiger charge is 2.16. The van der Waals surface area contributed by atoms with Crippen molar-refractivity contribution >= 4 is 5.91 Å². The number of primary amides is 1. The van der Waals surface area contributed by atoms with Gasteiger partial charge in [0.2, 0.25) is 5.89 Å². The lowest BCUT2D eigenvalue weighted by Gasteiger charge is -2.12. The number of aromatic nitrogens is 2. The number of nitrogens with zero attached hydrogens (tertiary/aromatic N) is 2. The third kappa shape index (κ3) is 3.59. The molecule has 8 nitrogen and oxygen atoms in total. The molecule has 2 aromatic carbocycles. The number of amides is 1. The maximum absolute atomic E-state index is 11.6. The molecule has 0 unspecified atom stereocenters. The van der Waals surface area contributed by atoms with E-state index in [1.807, 2.05) is 12.1 Å². The van der Waals surface area contributed by atoms with Gasteiger partial charge >= 0.3 is 0 Å². The Labute approximate surface area is 149 Å². The molecule has 8 heteroatoms. The van der Waals surface area contributed by atoms with Gasteiger partial charge in [-0.2, -0.15) is 0 Å². The number of hydrogen-bond acceptors (Lipinski definition) is 7. The van der Waals surface area contributed by atoms with Crippen LogP contribution < -0.4 is 19.9 Å². The van der Waals surface area contributed by atoms with Gasteiger partial charge < -0.3 is 24.4 Å². The van der Waals surface area contributed by atoms with Crippen LogP contribution in [0, 0.1) is 0 Å². The van der Waals surface area contributed by atoms with Crippen molar-refractivity contribution in [1.82, 2.24) is 10.2 Å². The van der Waals surface area contributed by atoms with Crippen LogP contribution in [-0.2, 0) is 6.61 Å². The number of methoxy groups -OCH3 is 2. The van der Waals surface area contributed by atoms with Crippen LogP contribution in [0.5, 0.6) is 17.2 Å². The van der Waals surface area contributed by atoms with Crippen LogP contribution in [0.25, 0.3) is 11.5 Å². The first-order valence-electron chi connectivity index (χ1n) is 7.68. The molecule has 1 heterocycles. The molecule has 3 aromatic rings. The lowest BCUT2D eigenvalue weighted by atomic mass is 10.2. The summed E-state index contributed by atoms with van der Waals surface area (Å²) in [5, 5.41) is 7.94. The largest absolute Gasteiger partial charge is 0.497 e. The maximum atomic E-state index is 11.6. The SMILES string of the molecule is COc1ccc(-c2nnc(COc3c(OC)cccc3C(N)=O)o2)cc1. The molecular formula is C18H17N3O5. The van der Waals surface area contributed by atoms with Crippen LogP contribution in [0.3, 0.4) is 0 Å². The lowest BCUT2D eigenvalue weighted by molar-refractivity contribution is 0.0994. The smallest absolute Gasteiger partial charge is 0.254 e.